The highest BCUT2D eigenvalue weighted by Gasteiger charge is 2.20. The van der Waals surface area contributed by atoms with Crippen LogP contribution in [-0.2, 0) is 0 Å². The third-order valence-electron chi connectivity index (χ3n) is 6.18. The lowest BCUT2D eigenvalue weighted by atomic mass is 10.1. The van der Waals surface area contributed by atoms with Gasteiger partial charge in [0.2, 0.25) is 16.9 Å². The van der Waals surface area contributed by atoms with E-state index >= 15 is 0 Å². The average Bonchev–Trinajstić information content (AvgIpc) is 2.95. The zero-order valence-electron chi connectivity index (χ0n) is 21.1. The second-order valence-corrected chi connectivity index (χ2v) is 8.96. The van der Waals surface area contributed by atoms with Crippen molar-refractivity contribution >= 4 is 21.9 Å². The molecule has 0 amide bonds. The van der Waals surface area contributed by atoms with Gasteiger partial charge in [0, 0.05) is 35.4 Å². The highest BCUT2D eigenvalue weighted by atomic mass is 16.4. The van der Waals surface area contributed by atoms with Gasteiger partial charge in [-0.3, -0.25) is 9.59 Å². The zero-order chi connectivity index (χ0) is 30.3. The summed E-state index contributed by atoms with van der Waals surface area (Å²) in [6.07, 6.45) is 0. The maximum absolute atomic E-state index is 12.1. The summed E-state index contributed by atoms with van der Waals surface area (Å²) in [6.45, 7) is 0. The quantitative estimate of drug-likeness (QED) is 0.134. The summed E-state index contributed by atoms with van der Waals surface area (Å²) in [5.74, 6) is -4.38. The van der Waals surface area contributed by atoms with Crippen LogP contribution < -0.4 is 10.9 Å². The number of hydrogen-bond donors (Lipinski definition) is 8. The molecule has 0 saturated carbocycles. The lowest BCUT2D eigenvalue weighted by Gasteiger charge is -2.08. The molecular weight excluding hydrogens is 552 g/mol. The van der Waals surface area contributed by atoms with Gasteiger partial charge in [0.1, 0.15) is 39.2 Å². The molecule has 0 aliphatic carbocycles. The van der Waals surface area contributed by atoms with E-state index in [0.29, 0.717) is 11.3 Å². The van der Waals surface area contributed by atoms with Crippen LogP contribution in [0.5, 0.6) is 46.0 Å². The molecule has 12 heteroatoms. The van der Waals surface area contributed by atoms with Gasteiger partial charge < -0.3 is 49.7 Å². The lowest BCUT2D eigenvalue weighted by molar-refractivity contribution is 0.370. The van der Waals surface area contributed by atoms with Crippen LogP contribution in [0.25, 0.3) is 44.6 Å². The van der Waals surface area contributed by atoms with Gasteiger partial charge in [-0.15, -0.1) is 0 Å². The summed E-state index contributed by atoms with van der Waals surface area (Å²) in [7, 11) is 0. The third-order valence-corrected chi connectivity index (χ3v) is 6.18. The molecule has 212 valence electrons. The van der Waals surface area contributed by atoms with E-state index < -0.39 is 45.4 Å². The van der Waals surface area contributed by atoms with Gasteiger partial charge in [0.15, 0.2) is 34.2 Å². The largest absolute Gasteiger partial charge is 0.508 e. The Balaban J connectivity index is 0.000000169. The average molecular weight is 572 g/mol. The van der Waals surface area contributed by atoms with Gasteiger partial charge in [0.05, 0.1) is 0 Å². The fourth-order valence-electron chi connectivity index (χ4n) is 4.16. The van der Waals surface area contributed by atoms with E-state index in [9.17, 15) is 50.4 Å². The smallest absolute Gasteiger partial charge is 0.238 e. The van der Waals surface area contributed by atoms with Gasteiger partial charge in [-0.1, -0.05) is 30.3 Å². The highest BCUT2D eigenvalue weighted by Crippen LogP contribution is 2.41. The van der Waals surface area contributed by atoms with Gasteiger partial charge in [0.25, 0.3) is 0 Å². The number of fused-ring (bicyclic) bond motifs is 2. The monoisotopic (exact) mass is 572 g/mol. The number of phenolic OH excluding ortho intramolecular Hbond substituents is 7. The van der Waals surface area contributed by atoms with E-state index in [4.69, 9.17) is 8.83 Å². The highest BCUT2D eigenvalue weighted by molar-refractivity contribution is 5.89. The Hall–Kier alpha value is -6.30. The SMILES string of the molecule is O=c1c(O)c(-c2ccc(O)c(O)c2)oc2cc(O)cc(O)c12.O=c1cc(-c2ccccc2)oc2cc(O)c(O)c(O)c12. The van der Waals surface area contributed by atoms with Crippen molar-refractivity contribution in [2.45, 2.75) is 0 Å². The molecule has 0 radical (unpaired) electrons. The summed E-state index contributed by atoms with van der Waals surface area (Å²) in [4.78, 5) is 24.2. The molecule has 0 aliphatic rings. The van der Waals surface area contributed by atoms with E-state index in [0.717, 1.165) is 30.3 Å². The molecule has 0 saturated heterocycles. The van der Waals surface area contributed by atoms with Crippen LogP contribution in [0.15, 0.2) is 91.2 Å². The van der Waals surface area contributed by atoms with Crippen LogP contribution in [0, 0.1) is 0 Å². The van der Waals surface area contributed by atoms with Crippen molar-refractivity contribution in [2.24, 2.45) is 0 Å². The predicted molar refractivity (Wildman–Crippen MR) is 149 cm³/mol. The minimum Gasteiger partial charge on any atom is -0.508 e. The second-order valence-electron chi connectivity index (χ2n) is 8.96. The summed E-state index contributed by atoms with van der Waals surface area (Å²) in [5.41, 5.74) is -0.695. The molecule has 6 aromatic rings. The van der Waals surface area contributed by atoms with E-state index in [1.54, 1.807) is 24.3 Å². The first kappa shape index (κ1) is 27.3. The summed E-state index contributed by atoms with van der Waals surface area (Å²) in [5, 5.41) is 76.1. The minimum absolute atomic E-state index is 0.00385. The van der Waals surface area contributed by atoms with E-state index in [1.165, 1.54) is 12.1 Å². The maximum atomic E-state index is 12.1. The minimum atomic E-state index is -0.888. The Morgan fingerprint density at radius 2 is 1.19 bits per heavy atom. The summed E-state index contributed by atoms with van der Waals surface area (Å²) < 4.78 is 10.9. The van der Waals surface area contributed by atoms with Gasteiger partial charge in [-0.05, 0) is 18.2 Å². The maximum Gasteiger partial charge on any atom is 0.238 e. The van der Waals surface area contributed by atoms with Crippen molar-refractivity contribution in [3.8, 4) is 68.6 Å². The molecule has 0 aliphatic heterocycles. The van der Waals surface area contributed by atoms with Crippen LogP contribution in [0.1, 0.15) is 0 Å². The van der Waals surface area contributed by atoms with Crippen molar-refractivity contribution in [3.05, 3.63) is 93.2 Å². The lowest BCUT2D eigenvalue weighted by Crippen LogP contribution is -2.02. The number of phenols is 7. The van der Waals surface area contributed by atoms with Crippen LogP contribution in [-0.4, -0.2) is 40.9 Å². The first-order valence-electron chi connectivity index (χ1n) is 12.0. The Labute approximate surface area is 233 Å². The van der Waals surface area contributed by atoms with Gasteiger partial charge in [-0.2, -0.15) is 0 Å². The molecule has 0 unspecified atom stereocenters. The fourth-order valence-corrected chi connectivity index (χ4v) is 4.16. The molecular formula is C30H20O12. The van der Waals surface area contributed by atoms with E-state index in [1.807, 2.05) is 6.07 Å². The van der Waals surface area contributed by atoms with Gasteiger partial charge >= 0.3 is 0 Å². The van der Waals surface area contributed by atoms with Crippen molar-refractivity contribution < 1.29 is 49.7 Å². The molecule has 6 rings (SSSR count). The van der Waals surface area contributed by atoms with Crippen molar-refractivity contribution in [1.29, 1.82) is 0 Å². The van der Waals surface area contributed by atoms with Crippen molar-refractivity contribution in [2.75, 3.05) is 0 Å². The molecule has 2 heterocycles. The number of aromatic hydroxyl groups is 8. The Bertz CT molecular complexity index is 2110. The van der Waals surface area contributed by atoms with Crippen molar-refractivity contribution in [3.63, 3.8) is 0 Å². The molecule has 8 N–H and O–H groups in total. The van der Waals surface area contributed by atoms with E-state index in [2.05, 4.69) is 0 Å². The molecule has 2 aromatic heterocycles. The molecule has 4 aromatic carbocycles. The molecule has 42 heavy (non-hydrogen) atoms. The summed E-state index contributed by atoms with van der Waals surface area (Å²) in [6, 6.07) is 16.9. The van der Waals surface area contributed by atoms with E-state index in [-0.39, 0.29) is 44.8 Å². The molecule has 0 bridgehead atoms. The van der Waals surface area contributed by atoms with Crippen LogP contribution in [0.4, 0.5) is 0 Å². The third kappa shape index (κ3) is 4.79. The van der Waals surface area contributed by atoms with Gasteiger partial charge in [-0.25, -0.2) is 0 Å². The second kappa shape index (κ2) is 10.4. The number of hydrogen-bond acceptors (Lipinski definition) is 12. The fraction of sp³-hybridized carbons (Fsp3) is 0. The molecule has 0 atom stereocenters. The predicted octanol–water partition coefficient (Wildman–Crippen LogP) is 4.56. The zero-order valence-corrected chi connectivity index (χ0v) is 21.1. The summed E-state index contributed by atoms with van der Waals surface area (Å²) >= 11 is 0. The molecule has 0 fully saturated rings. The standard InChI is InChI=1S/C15H10O7.C15H10O5/c16-7-4-10(19)12-11(5-7)22-15(14(21)13(12)20)6-1-2-8(17)9(18)3-6;16-9-6-11(8-4-2-1-3-5-8)20-12-7-10(17)14(18)15(19)13(9)12/h1-5,16-19,21H;1-7,17-19H. The topological polar surface area (TPSA) is 222 Å². The van der Waals surface area contributed by atoms with Crippen LogP contribution >= 0.6 is 0 Å². The molecule has 0 spiro atoms. The first-order chi connectivity index (χ1) is 20.0. The number of rotatable bonds is 2. The van der Waals surface area contributed by atoms with Crippen LogP contribution in [0.2, 0.25) is 0 Å². The molecule has 12 nitrogen and oxygen atoms in total. The van der Waals surface area contributed by atoms with Crippen LogP contribution in [0.3, 0.4) is 0 Å². The Kier molecular flexibility index (Phi) is 6.72. The Morgan fingerprint density at radius 3 is 1.88 bits per heavy atom. The van der Waals surface area contributed by atoms with Crippen molar-refractivity contribution in [1.82, 2.24) is 0 Å². The Morgan fingerprint density at radius 1 is 0.500 bits per heavy atom. The first-order valence-corrected chi connectivity index (χ1v) is 12.0. The normalized spacial score (nSPS) is 10.9. The number of benzene rings is 4.